The SMILES string of the molecule is O=CC(I)C12NCC1N2. The first-order chi connectivity index (χ1) is 4.29. The first-order valence-corrected chi connectivity index (χ1v) is 4.16. The van der Waals surface area contributed by atoms with E-state index >= 15 is 0 Å². The van der Waals surface area contributed by atoms with Crippen LogP contribution in [0.1, 0.15) is 0 Å². The highest BCUT2D eigenvalue weighted by Crippen LogP contribution is 2.37. The fourth-order valence-corrected chi connectivity index (χ4v) is 2.08. The Morgan fingerprint density at radius 3 is 2.78 bits per heavy atom. The molecule has 2 saturated heterocycles. The maximum absolute atomic E-state index is 10.3. The highest BCUT2D eigenvalue weighted by Gasteiger charge is 2.64. The Labute approximate surface area is 66.7 Å². The summed E-state index contributed by atoms with van der Waals surface area (Å²) in [6, 6.07) is 0.574. The number of carbonyl (C=O) groups excluding carboxylic acids is 1. The zero-order valence-corrected chi connectivity index (χ0v) is 6.88. The molecule has 3 atom stereocenters. The summed E-state index contributed by atoms with van der Waals surface area (Å²) in [4.78, 5) is 10.3. The van der Waals surface area contributed by atoms with Crippen LogP contribution in [0.5, 0.6) is 0 Å². The summed E-state index contributed by atoms with van der Waals surface area (Å²) in [5.41, 5.74) is 0.0162. The lowest BCUT2D eigenvalue weighted by Crippen LogP contribution is -2.55. The summed E-state index contributed by atoms with van der Waals surface area (Å²) < 4.78 is 0.0915. The molecule has 2 fully saturated rings. The highest BCUT2D eigenvalue weighted by atomic mass is 127. The van der Waals surface area contributed by atoms with Crippen molar-refractivity contribution in [1.29, 1.82) is 0 Å². The van der Waals surface area contributed by atoms with E-state index in [2.05, 4.69) is 33.2 Å². The average molecular weight is 238 g/mol. The van der Waals surface area contributed by atoms with Gasteiger partial charge in [0.25, 0.3) is 0 Å². The van der Waals surface area contributed by atoms with Crippen molar-refractivity contribution in [1.82, 2.24) is 10.6 Å². The van der Waals surface area contributed by atoms with E-state index in [-0.39, 0.29) is 9.59 Å². The molecular weight excluding hydrogens is 231 g/mol. The number of hydrogen-bond donors (Lipinski definition) is 2. The van der Waals surface area contributed by atoms with Crippen LogP contribution in [-0.2, 0) is 4.79 Å². The molecule has 0 saturated carbocycles. The number of aldehydes is 1. The van der Waals surface area contributed by atoms with Crippen molar-refractivity contribution in [2.75, 3.05) is 6.54 Å². The molecule has 4 heteroatoms. The van der Waals surface area contributed by atoms with E-state index in [0.717, 1.165) is 12.8 Å². The monoisotopic (exact) mass is 238 g/mol. The van der Waals surface area contributed by atoms with E-state index in [9.17, 15) is 4.79 Å². The number of alkyl halides is 1. The van der Waals surface area contributed by atoms with E-state index in [0.29, 0.717) is 6.04 Å². The maximum atomic E-state index is 10.3. The molecule has 3 unspecified atom stereocenters. The first kappa shape index (κ1) is 6.06. The van der Waals surface area contributed by atoms with Gasteiger partial charge in [0, 0.05) is 6.54 Å². The van der Waals surface area contributed by atoms with Crippen molar-refractivity contribution in [2.24, 2.45) is 0 Å². The molecule has 0 aromatic rings. The molecule has 2 aliphatic heterocycles. The molecule has 2 heterocycles. The Morgan fingerprint density at radius 1 is 1.89 bits per heavy atom. The smallest absolute Gasteiger partial charge is 0.136 e. The zero-order valence-electron chi connectivity index (χ0n) is 4.73. The summed E-state index contributed by atoms with van der Waals surface area (Å²) in [5.74, 6) is 0. The lowest BCUT2D eigenvalue weighted by Gasteiger charge is -2.25. The Balaban J connectivity index is 2.06. The van der Waals surface area contributed by atoms with Crippen molar-refractivity contribution in [3.05, 3.63) is 0 Å². The largest absolute Gasteiger partial charge is 0.302 e. The van der Waals surface area contributed by atoms with Crippen molar-refractivity contribution in [3.63, 3.8) is 0 Å². The molecule has 9 heavy (non-hydrogen) atoms. The topological polar surface area (TPSA) is 51.0 Å². The van der Waals surface area contributed by atoms with E-state index in [1.165, 1.54) is 0 Å². The van der Waals surface area contributed by atoms with Crippen LogP contribution in [0.3, 0.4) is 0 Å². The summed E-state index contributed by atoms with van der Waals surface area (Å²) in [6.45, 7) is 1.02. The number of nitrogens with one attached hydrogen (secondary N) is 2. The van der Waals surface area contributed by atoms with Gasteiger partial charge in [0.05, 0.1) is 9.97 Å². The molecule has 2 rings (SSSR count). The molecule has 0 aliphatic carbocycles. The average Bonchev–Trinajstić information content (AvgIpc) is 2.35. The van der Waals surface area contributed by atoms with Crippen LogP contribution >= 0.6 is 22.6 Å². The second-order valence-electron chi connectivity index (χ2n) is 2.48. The molecule has 2 aliphatic rings. The number of rotatable bonds is 2. The van der Waals surface area contributed by atoms with Crippen LogP contribution < -0.4 is 10.6 Å². The summed E-state index contributed by atoms with van der Waals surface area (Å²) >= 11 is 2.15. The number of carbonyl (C=O) groups is 1. The lowest BCUT2D eigenvalue weighted by atomic mass is 10.1. The van der Waals surface area contributed by atoms with Crippen molar-refractivity contribution >= 4 is 28.9 Å². The number of halogens is 1. The van der Waals surface area contributed by atoms with Crippen LogP contribution in [0, 0.1) is 0 Å². The van der Waals surface area contributed by atoms with Gasteiger partial charge >= 0.3 is 0 Å². The highest BCUT2D eigenvalue weighted by molar-refractivity contribution is 14.1. The van der Waals surface area contributed by atoms with Gasteiger partial charge in [-0.3, -0.25) is 10.6 Å². The van der Waals surface area contributed by atoms with Gasteiger partial charge in [0.1, 0.15) is 11.9 Å². The van der Waals surface area contributed by atoms with Crippen molar-refractivity contribution in [3.8, 4) is 0 Å². The van der Waals surface area contributed by atoms with Gasteiger partial charge in [-0.25, -0.2) is 0 Å². The van der Waals surface area contributed by atoms with Crippen LogP contribution in [0.2, 0.25) is 0 Å². The van der Waals surface area contributed by atoms with Gasteiger partial charge < -0.3 is 4.79 Å². The molecule has 0 aromatic carbocycles. The van der Waals surface area contributed by atoms with E-state index in [1.54, 1.807) is 0 Å². The molecule has 2 N–H and O–H groups in total. The third-order valence-corrected chi connectivity index (χ3v) is 3.31. The number of fused-ring (bicyclic) bond motifs is 1. The number of hydrogen-bond acceptors (Lipinski definition) is 3. The summed E-state index contributed by atoms with van der Waals surface area (Å²) in [6.07, 6.45) is 0.986. The Kier molecular flexibility index (Phi) is 1.13. The van der Waals surface area contributed by atoms with E-state index in [1.807, 2.05) is 0 Å². The van der Waals surface area contributed by atoms with Crippen molar-refractivity contribution in [2.45, 2.75) is 15.6 Å². The zero-order chi connectivity index (χ0) is 6.48. The third-order valence-electron chi connectivity index (χ3n) is 2.03. The van der Waals surface area contributed by atoms with Crippen molar-refractivity contribution < 1.29 is 4.79 Å². The van der Waals surface area contributed by atoms with Gasteiger partial charge in [-0.2, -0.15) is 0 Å². The van der Waals surface area contributed by atoms with Gasteiger partial charge in [-0.1, -0.05) is 22.6 Å². The summed E-state index contributed by atoms with van der Waals surface area (Å²) in [5, 5.41) is 6.42. The minimum atomic E-state index is 0.0162. The second-order valence-corrected chi connectivity index (χ2v) is 3.83. The maximum Gasteiger partial charge on any atom is 0.136 e. The van der Waals surface area contributed by atoms with E-state index in [4.69, 9.17) is 0 Å². The van der Waals surface area contributed by atoms with Crippen LogP contribution in [-0.4, -0.2) is 28.5 Å². The fraction of sp³-hybridized carbons (Fsp3) is 0.800. The fourth-order valence-electron chi connectivity index (χ4n) is 1.25. The standard InChI is InChI=1S/C5H7IN2O/c6-3(2-9)5-4(8-5)1-7-5/h2-4,7-8H,1H2. The molecule has 0 spiro atoms. The molecule has 0 amide bonds. The van der Waals surface area contributed by atoms with E-state index < -0.39 is 0 Å². The predicted molar refractivity (Wildman–Crippen MR) is 41.5 cm³/mol. The lowest BCUT2D eigenvalue weighted by molar-refractivity contribution is -0.107. The summed E-state index contributed by atoms with van der Waals surface area (Å²) in [7, 11) is 0. The molecule has 50 valence electrons. The van der Waals surface area contributed by atoms with Crippen LogP contribution in [0.15, 0.2) is 0 Å². The quantitative estimate of drug-likeness (QED) is 0.288. The van der Waals surface area contributed by atoms with Gasteiger partial charge in [-0.15, -0.1) is 0 Å². The molecule has 0 radical (unpaired) electrons. The Bertz CT molecular complexity index is 159. The normalized spacial score (nSPS) is 48.8. The molecular formula is C5H7IN2O. The van der Waals surface area contributed by atoms with Gasteiger partial charge in [-0.05, 0) is 0 Å². The second kappa shape index (κ2) is 1.67. The van der Waals surface area contributed by atoms with Crippen LogP contribution in [0.25, 0.3) is 0 Å². The molecule has 3 nitrogen and oxygen atoms in total. The third kappa shape index (κ3) is 0.611. The van der Waals surface area contributed by atoms with Crippen LogP contribution in [0.4, 0.5) is 0 Å². The Morgan fingerprint density at radius 2 is 2.67 bits per heavy atom. The van der Waals surface area contributed by atoms with Gasteiger partial charge in [0.2, 0.25) is 0 Å². The Hall–Kier alpha value is 0.320. The minimum absolute atomic E-state index is 0.0162. The van der Waals surface area contributed by atoms with Gasteiger partial charge in [0.15, 0.2) is 0 Å². The predicted octanol–water partition coefficient (Wildman–Crippen LogP) is -0.740. The molecule has 0 bridgehead atoms. The molecule has 0 aromatic heterocycles. The minimum Gasteiger partial charge on any atom is -0.302 e. The first-order valence-electron chi connectivity index (χ1n) is 2.92.